The van der Waals surface area contributed by atoms with Gasteiger partial charge in [-0.15, -0.1) is 0 Å². The van der Waals surface area contributed by atoms with Crippen molar-refractivity contribution >= 4 is 23.3 Å². The van der Waals surface area contributed by atoms with Crippen LogP contribution in [0.1, 0.15) is 24.1 Å². The molecule has 0 fully saturated rings. The number of nitrogens with zero attached hydrogens (tertiary/aromatic N) is 1. The second kappa shape index (κ2) is 5.07. The van der Waals surface area contributed by atoms with E-state index in [9.17, 15) is 8.78 Å². The van der Waals surface area contributed by atoms with Gasteiger partial charge in [-0.3, -0.25) is 0 Å². The summed E-state index contributed by atoms with van der Waals surface area (Å²) < 4.78 is 29.7. The zero-order valence-electron chi connectivity index (χ0n) is 11.7. The Kier molecular flexibility index (Phi) is 3.37. The fourth-order valence-corrected chi connectivity index (χ4v) is 2.88. The fourth-order valence-electron chi connectivity index (χ4n) is 2.52. The highest BCUT2D eigenvalue weighted by molar-refractivity contribution is 7.71. The molecule has 3 aromatic rings. The minimum absolute atomic E-state index is 0.174. The lowest BCUT2D eigenvalue weighted by molar-refractivity contribution is 0.508. The molecule has 2 nitrogen and oxygen atoms in total. The SMILES string of the molecule is Cc1ccc(C(C)n2c(=S)[nH]c3ccc(F)c(F)c32)cc1. The maximum Gasteiger partial charge on any atom is 0.184 e. The lowest BCUT2D eigenvalue weighted by Gasteiger charge is -2.15. The summed E-state index contributed by atoms with van der Waals surface area (Å²) >= 11 is 5.28. The molecule has 0 amide bonds. The molecule has 0 aliphatic rings. The second-order valence-electron chi connectivity index (χ2n) is 5.14. The molecule has 5 heteroatoms. The molecular formula is C16H14F2N2S. The van der Waals surface area contributed by atoms with Gasteiger partial charge in [0.05, 0.1) is 11.6 Å². The number of imidazole rings is 1. The summed E-state index contributed by atoms with van der Waals surface area (Å²) in [5, 5.41) is 0. The van der Waals surface area contributed by atoms with E-state index in [1.54, 1.807) is 4.57 Å². The Morgan fingerprint density at radius 1 is 1.10 bits per heavy atom. The molecule has 3 rings (SSSR count). The van der Waals surface area contributed by atoms with Crippen LogP contribution >= 0.6 is 12.2 Å². The van der Waals surface area contributed by atoms with Crippen LogP contribution in [0, 0.1) is 23.3 Å². The number of aromatic amines is 1. The van der Waals surface area contributed by atoms with Crippen molar-refractivity contribution in [1.82, 2.24) is 9.55 Å². The van der Waals surface area contributed by atoms with Gasteiger partial charge in [0.15, 0.2) is 16.4 Å². The highest BCUT2D eigenvalue weighted by Crippen LogP contribution is 2.27. The molecule has 1 unspecified atom stereocenters. The molecular weight excluding hydrogens is 290 g/mol. The first-order valence-electron chi connectivity index (χ1n) is 6.64. The number of aryl methyl sites for hydroxylation is 1. The van der Waals surface area contributed by atoms with Gasteiger partial charge in [-0.05, 0) is 43.8 Å². The molecule has 1 heterocycles. The van der Waals surface area contributed by atoms with Crippen molar-refractivity contribution in [1.29, 1.82) is 0 Å². The molecule has 1 atom stereocenters. The van der Waals surface area contributed by atoms with E-state index in [4.69, 9.17) is 12.2 Å². The predicted octanol–water partition coefficient (Wildman–Crippen LogP) is 4.89. The van der Waals surface area contributed by atoms with Crippen molar-refractivity contribution in [2.45, 2.75) is 19.9 Å². The average Bonchev–Trinajstić information content (AvgIpc) is 2.80. The molecule has 21 heavy (non-hydrogen) atoms. The van der Waals surface area contributed by atoms with Crippen molar-refractivity contribution in [3.05, 3.63) is 63.9 Å². The van der Waals surface area contributed by atoms with Crippen molar-refractivity contribution < 1.29 is 8.78 Å². The Balaban J connectivity index is 2.24. The lowest BCUT2D eigenvalue weighted by Crippen LogP contribution is -2.08. The van der Waals surface area contributed by atoms with E-state index in [1.807, 2.05) is 38.1 Å². The highest BCUT2D eigenvalue weighted by Gasteiger charge is 2.18. The second-order valence-corrected chi connectivity index (χ2v) is 5.53. The number of fused-ring (bicyclic) bond motifs is 1. The number of hydrogen-bond acceptors (Lipinski definition) is 1. The van der Waals surface area contributed by atoms with Crippen LogP contribution in [0.4, 0.5) is 8.78 Å². The Morgan fingerprint density at radius 3 is 2.43 bits per heavy atom. The molecule has 0 saturated carbocycles. The summed E-state index contributed by atoms with van der Waals surface area (Å²) in [6.07, 6.45) is 0. The van der Waals surface area contributed by atoms with Gasteiger partial charge in [-0.1, -0.05) is 29.8 Å². The maximum atomic E-state index is 14.2. The van der Waals surface area contributed by atoms with Crippen LogP contribution in [-0.4, -0.2) is 9.55 Å². The topological polar surface area (TPSA) is 20.7 Å². The summed E-state index contributed by atoms with van der Waals surface area (Å²) in [5.74, 6) is -1.75. The van der Waals surface area contributed by atoms with Crippen molar-refractivity contribution in [3.8, 4) is 0 Å². The standard InChI is InChI=1S/C16H14F2N2S/c1-9-3-5-11(6-4-9)10(2)20-15-13(19-16(20)21)8-7-12(17)14(15)18/h3-8,10H,1-2H3,(H,19,21). The molecule has 0 saturated heterocycles. The predicted molar refractivity (Wildman–Crippen MR) is 82.0 cm³/mol. The van der Waals surface area contributed by atoms with Crippen molar-refractivity contribution in [3.63, 3.8) is 0 Å². The maximum absolute atomic E-state index is 14.2. The third-order valence-corrected chi connectivity index (χ3v) is 4.02. The third kappa shape index (κ3) is 2.27. The van der Waals surface area contributed by atoms with Crippen molar-refractivity contribution in [2.24, 2.45) is 0 Å². The number of rotatable bonds is 2. The normalized spacial score (nSPS) is 12.8. The number of H-pyrrole nitrogens is 1. The Bertz CT molecular complexity index is 862. The largest absolute Gasteiger partial charge is 0.330 e. The molecule has 0 radical (unpaired) electrons. The summed E-state index contributed by atoms with van der Waals surface area (Å²) in [5.41, 5.74) is 2.80. The smallest absolute Gasteiger partial charge is 0.184 e. The summed E-state index contributed by atoms with van der Waals surface area (Å²) in [7, 11) is 0. The van der Waals surface area contributed by atoms with E-state index in [0.29, 0.717) is 10.3 Å². The van der Waals surface area contributed by atoms with Gasteiger partial charge in [0.1, 0.15) is 5.52 Å². The molecule has 2 aromatic carbocycles. The molecule has 0 aliphatic heterocycles. The van der Waals surface area contributed by atoms with E-state index >= 15 is 0 Å². The van der Waals surface area contributed by atoms with E-state index in [1.165, 1.54) is 6.07 Å². The fraction of sp³-hybridized carbons (Fsp3) is 0.188. The lowest BCUT2D eigenvalue weighted by atomic mass is 10.1. The quantitative estimate of drug-likeness (QED) is 0.668. The van der Waals surface area contributed by atoms with Gasteiger partial charge in [0.2, 0.25) is 0 Å². The Labute approximate surface area is 126 Å². The monoisotopic (exact) mass is 304 g/mol. The van der Waals surface area contributed by atoms with Gasteiger partial charge in [0, 0.05) is 0 Å². The first kappa shape index (κ1) is 13.9. The Hall–Kier alpha value is -2.01. The van der Waals surface area contributed by atoms with E-state index in [0.717, 1.165) is 17.2 Å². The summed E-state index contributed by atoms with van der Waals surface area (Å²) in [6, 6.07) is 10.3. The first-order valence-corrected chi connectivity index (χ1v) is 7.04. The molecule has 0 spiro atoms. The van der Waals surface area contributed by atoms with Gasteiger partial charge >= 0.3 is 0 Å². The van der Waals surface area contributed by atoms with E-state index < -0.39 is 11.6 Å². The van der Waals surface area contributed by atoms with Gasteiger partial charge in [-0.25, -0.2) is 8.78 Å². The summed E-state index contributed by atoms with van der Waals surface area (Å²) in [6.45, 7) is 3.92. The number of aromatic nitrogens is 2. The first-order chi connectivity index (χ1) is 9.99. The van der Waals surface area contributed by atoms with Crippen molar-refractivity contribution in [2.75, 3.05) is 0 Å². The van der Waals surface area contributed by atoms with Crippen LogP contribution in [0.25, 0.3) is 11.0 Å². The Morgan fingerprint density at radius 2 is 1.76 bits per heavy atom. The van der Waals surface area contributed by atoms with E-state index in [2.05, 4.69) is 4.98 Å². The van der Waals surface area contributed by atoms with E-state index in [-0.39, 0.29) is 11.6 Å². The van der Waals surface area contributed by atoms with Gasteiger partial charge < -0.3 is 9.55 Å². The molecule has 1 N–H and O–H groups in total. The van der Waals surface area contributed by atoms with Crippen LogP contribution in [0.15, 0.2) is 36.4 Å². The highest BCUT2D eigenvalue weighted by atomic mass is 32.1. The minimum atomic E-state index is -0.876. The number of halogens is 2. The molecule has 108 valence electrons. The van der Waals surface area contributed by atoms with Crippen LogP contribution in [0.5, 0.6) is 0 Å². The third-order valence-electron chi connectivity index (χ3n) is 3.72. The van der Waals surface area contributed by atoms with Crippen LogP contribution in [0.3, 0.4) is 0 Å². The van der Waals surface area contributed by atoms with Gasteiger partial charge in [-0.2, -0.15) is 0 Å². The zero-order chi connectivity index (χ0) is 15.1. The number of benzene rings is 2. The minimum Gasteiger partial charge on any atom is -0.330 e. The summed E-state index contributed by atoms with van der Waals surface area (Å²) in [4.78, 5) is 2.93. The number of nitrogens with one attached hydrogen (secondary N) is 1. The molecule has 0 bridgehead atoms. The zero-order valence-corrected chi connectivity index (χ0v) is 12.5. The number of hydrogen-bond donors (Lipinski definition) is 1. The van der Waals surface area contributed by atoms with Crippen LogP contribution < -0.4 is 0 Å². The van der Waals surface area contributed by atoms with Crippen LogP contribution in [0.2, 0.25) is 0 Å². The van der Waals surface area contributed by atoms with Crippen LogP contribution in [-0.2, 0) is 0 Å². The average molecular weight is 304 g/mol. The molecule has 0 aliphatic carbocycles. The van der Waals surface area contributed by atoms with Gasteiger partial charge in [0.25, 0.3) is 0 Å². The molecule has 1 aromatic heterocycles.